The number of benzene rings is 2. The van der Waals surface area contributed by atoms with Crippen LogP contribution >= 0.6 is 0 Å². The molecule has 2 fully saturated rings. The van der Waals surface area contributed by atoms with Gasteiger partial charge in [-0.15, -0.1) is 0 Å². The molecule has 190 valence electrons. The van der Waals surface area contributed by atoms with Gasteiger partial charge in [0.15, 0.2) is 0 Å². The van der Waals surface area contributed by atoms with Crippen molar-refractivity contribution in [1.82, 2.24) is 15.5 Å². The SMILES string of the molecule is CNC(=O)C1CC2(CCN(C(=O)NCc3ccccc3)CC2)CN1c1ccc(C#N)c(C(F)(F)F)c1. The summed E-state index contributed by atoms with van der Waals surface area (Å²) in [4.78, 5) is 28.9. The minimum Gasteiger partial charge on any atom is -0.359 e. The van der Waals surface area contributed by atoms with Gasteiger partial charge >= 0.3 is 12.2 Å². The number of amides is 3. The molecule has 2 saturated heterocycles. The number of carbonyl (C=O) groups is 2. The minimum absolute atomic E-state index is 0.159. The number of hydrogen-bond acceptors (Lipinski definition) is 4. The van der Waals surface area contributed by atoms with Crippen molar-refractivity contribution in [3.8, 4) is 6.07 Å². The molecule has 0 aromatic heterocycles. The molecule has 2 aliphatic heterocycles. The van der Waals surface area contributed by atoms with Crippen molar-refractivity contribution in [3.63, 3.8) is 0 Å². The molecule has 1 unspecified atom stereocenters. The Hall–Kier alpha value is -3.74. The van der Waals surface area contributed by atoms with Gasteiger partial charge in [0.05, 0.1) is 17.2 Å². The van der Waals surface area contributed by atoms with Crippen molar-refractivity contribution in [2.45, 2.75) is 38.0 Å². The maximum absolute atomic E-state index is 13.6. The van der Waals surface area contributed by atoms with E-state index in [1.807, 2.05) is 30.3 Å². The van der Waals surface area contributed by atoms with E-state index < -0.39 is 23.3 Å². The first-order chi connectivity index (χ1) is 17.2. The fourth-order valence-corrected chi connectivity index (χ4v) is 5.20. The number of nitrogens with one attached hydrogen (secondary N) is 2. The monoisotopic (exact) mass is 499 g/mol. The van der Waals surface area contributed by atoms with Gasteiger partial charge in [-0.3, -0.25) is 4.79 Å². The van der Waals surface area contributed by atoms with Gasteiger partial charge in [0.25, 0.3) is 0 Å². The number of nitrogens with zero attached hydrogens (tertiary/aromatic N) is 3. The number of piperidine rings is 1. The summed E-state index contributed by atoms with van der Waals surface area (Å²) in [7, 11) is 1.51. The number of urea groups is 1. The highest BCUT2D eigenvalue weighted by molar-refractivity contribution is 5.86. The quantitative estimate of drug-likeness (QED) is 0.668. The number of halogens is 3. The van der Waals surface area contributed by atoms with Crippen molar-refractivity contribution in [2.24, 2.45) is 5.41 Å². The topological polar surface area (TPSA) is 88.5 Å². The maximum Gasteiger partial charge on any atom is 0.417 e. The average molecular weight is 500 g/mol. The van der Waals surface area contributed by atoms with E-state index in [4.69, 9.17) is 5.26 Å². The highest BCUT2D eigenvalue weighted by Gasteiger charge is 2.49. The molecule has 1 spiro atoms. The number of carbonyl (C=O) groups excluding carboxylic acids is 2. The van der Waals surface area contributed by atoms with Gasteiger partial charge in [0.1, 0.15) is 6.04 Å². The van der Waals surface area contributed by atoms with Crippen molar-refractivity contribution in [3.05, 3.63) is 65.2 Å². The normalized spacial score (nSPS) is 19.1. The predicted octanol–water partition coefficient (Wildman–Crippen LogP) is 3.89. The molecule has 0 radical (unpaired) electrons. The Morgan fingerprint density at radius 1 is 1.14 bits per heavy atom. The summed E-state index contributed by atoms with van der Waals surface area (Å²) in [6, 6.07) is 14.0. The third kappa shape index (κ3) is 5.25. The number of rotatable bonds is 4. The maximum atomic E-state index is 13.6. The van der Waals surface area contributed by atoms with Crippen LogP contribution in [-0.2, 0) is 17.5 Å². The van der Waals surface area contributed by atoms with Crippen molar-refractivity contribution in [2.75, 3.05) is 31.6 Å². The smallest absolute Gasteiger partial charge is 0.359 e. The molecule has 2 N–H and O–H groups in total. The summed E-state index contributed by atoms with van der Waals surface area (Å²) < 4.78 is 40.7. The number of anilines is 1. The van der Waals surface area contributed by atoms with Crippen LogP contribution in [0.25, 0.3) is 0 Å². The van der Waals surface area contributed by atoms with E-state index in [0.29, 0.717) is 45.4 Å². The van der Waals surface area contributed by atoms with E-state index in [0.717, 1.165) is 17.7 Å². The summed E-state index contributed by atoms with van der Waals surface area (Å²) in [5.41, 5.74) is -0.509. The van der Waals surface area contributed by atoms with Crippen LogP contribution in [0.15, 0.2) is 48.5 Å². The van der Waals surface area contributed by atoms with Gasteiger partial charge in [-0.1, -0.05) is 30.3 Å². The Morgan fingerprint density at radius 2 is 1.83 bits per heavy atom. The molecule has 2 aliphatic rings. The fourth-order valence-electron chi connectivity index (χ4n) is 5.20. The Balaban J connectivity index is 1.48. The summed E-state index contributed by atoms with van der Waals surface area (Å²) in [6.07, 6.45) is -2.93. The molecule has 36 heavy (non-hydrogen) atoms. The van der Waals surface area contributed by atoms with Gasteiger partial charge in [-0.25, -0.2) is 4.79 Å². The molecule has 10 heteroatoms. The molecule has 0 bridgehead atoms. The van der Waals surface area contributed by atoms with Crippen molar-refractivity contribution >= 4 is 17.6 Å². The second-order valence-electron chi connectivity index (χ2n) is 9.43. The first kappa shape index (κ1) is 25.4. The van der Waals surface area contributed by atoms with Gasteiger partial charge in [-0.2, -0.15) is 18.4 Å². The second-order valence-corrected chi connectivity index (χ2v) is 9.43. The highest BCUT2D eigenvalue weighted by Crippen LogP contribution is 2.46. The zero-order chi connectivity index (χ0) is 25.9. The van der Waals surface area contributed by atoms with Gasteiger partial charge in [-0.05, 0) is 48.4 Å². The van der Waals surface area contributed by atoms with Gasteiger partial charge < -0.3 is 20.4 Å². The van der Waals surface area contributed by atoms with Crippen LogP contribution in [0.5, 0.6) is 0 Å². The molecule has 1 atom stereocenters. The standard InChI is InChI=1S/C26H28F3N5O2/c1-31-23(35)22-14-25(17-34(22)20-8-7-19(15-30)21(13-20)26(27,28)29)9-11-33(12-10-25)24(36)32-16-18-5-3-2-4-6-18/h2-8,13,22H,9-12,14,16-17H2,1H3,(H,31,35)(H,32,36). The number of hydrogen-bond donors (Lipinski definition) is 2. The molecule has 2 aromatic rings. The lowest BCUT2D eigenvalue weighted by atomic mass is 9.76. The number of alkyl halides is 3. The first-order valence-electron chi connectivity index (χ1n) is 11.8. The summed E-state index contributed by atoms with van der Waals surface area (Å²) in [5, 5.41) is 14.7. The molecule has 0 saturated carbocycles. The Labute approximate surface area is 207 Å². The van der Waals surface area contributed by atoms with Crippen LogP contribution in [0.2, 0.25) is 0 Å². The fraction of sp³-hybridized carbons (Fsp3) is 0.423. The van der Waals surface area contributed by atoms with Crippen LogP contribution in [0, 0.1) is 16.7 Å². The molecule has 2 heterocycles. The van der Waals surface area contributed by atoms with Crippen LogP contribution in [0.1, 0.15) is 36.0 Å². The first-order valence-corrected chi connectivity index (χ1v) is 11.8. The molecule has 3 amide bonds. The van der Waals surface area contributed by atoms with E-state index >= 15 is 0 Å². The van der Waals surface area contributed by atoms with Crippen LogP contribution in [0.4, 0.5) is 23.7 Å². The number of likely N-dealkylation sites (N-methyl/N-ethyl adjacent to an activating group) is 1. The highest BCUT2D eigenvalue weighted by atomic mass is 19.4. The summed E-state index contributed by atoms with van der Waals surface area (Å²) >= 11 is 0. The molecular weight excluding hydrogens is 471 g/mol. The summed E-state index contributed by atoms with van der Waals surface area (Å²) in [5.74, 6) is -0.271. The van der Waals surface area contributed by atoms with Crippen LogP contribution in [-0.4, -0.2) is 49.6 Å². The third-order valence-corrected chi connectivity index (χ3v) is 7.22. The van der Waals surface area contributed by atoms with Crippen molar-refractivity contribution in [1.29, 1.82) is 5.26 Å². The Morgan fingerprint density at radius 3 is 2.44 bits per heavy atom. The molecular formula is C26H28F3N5O2. The lowest BCUT2D eigenvalue weighted by Crippen LogP contribution is -2.47. The molecule has 7 nitrogen and oxygen atoms in total. The largest absolute Gasteiger partial charge is 0.417 e. The van der Waals surface area contributed by atoms with Gasteiger partial charge in [0, 0.05) is 38.9 Å². The minimum atomic E-state index is -4.68. The molecule has 4 rings (SSSR count). The number of nitriles is 1. The average Bonchev–Trinajstić information content (AvgIpc) is 3.25. The van der Waals surface area contributed by atoms with E-state index in [2.05, 4.69) is 10.6 Å². The molecule has 0 aliphatic carbocycles. The molecule has 2 aromatic carbocycles. The Kier molecular flexibility index (Phi) is 7.11. The van der Waals surface area contributed by atoms with E-state index in [1.165, 1.54) is 13.1 Å². The van der Waals surface area contributed by atoms with E-state index in [-0.39, 0.29) is 23.0 Å². The number of likely N-dealkylation sites (tertiary alicyclic amines) is 1. The zero-order valence-electron chi connectivity index (χ0n) is 19.9. The van der Waals surface area contributed by atoms with Gasteiger partial charge in [0.2, 0.25) is 5.91 Å². The third-order valence-electron chi connectivity index (χ3n) is 7.22. The second kappa shape index (κ2) is 10.1. The van der Waals surface area contributed by atoms with E-state index in [1.54, 1.807) is 15.9 Å². The van der Waals surface area contributed by atoms with Crippen LogP contribution in [0.3, 0.4) is 0 Å². The van der Waals surface area contributed by atoms with Crippen molar-refractivity contribution < 1.29 is 22.8 Å². The Bertz CT molecular complexity index is 1150. The van der Waals surface area contributed by atoms with E-state index in [9.17, 15) is 22.8 Å². The summed E-state index contributed by atoms with van der Waals surface area (Å²) in [6.45, 7) is 1.81. The van der Waals surface area contributed by atoms with Crippen LogP contribution < -0.4 is 15.5 Å². The predicted molar refractivity (Wildman–Crippen MR) is 128 cm³/mol. The lowest BCUT2D eigenvalue weighted by Gasteiger charge is -2.39. The lowest BCUT2D eigenvalue weighted by molar-refractivity contribution is -0.137. The zero-order valence-corrected chi connectivity index (χ0v) is 19.9.